The van der Waals surface area contributed by atoms with Crippen molar-refractivity contribution >= 4 is 20.0 Å². The molecule has 0 aliphatic rings. The van der Waals surface area contributed by atoms with Gasteiger partial charge < -0.3 is 5.73 Å². The van der Waals surface area contributed by atoms with Gasteiger partial charge in [-0.05, 0) is 49.2 Å². The molecule has 0 radical (unpaired) electrons. The Morgan fingerprint density at radius 3 is 1.31 bits per heavy atom. The summed E-state index contributed by atoms with van der Waals surface area (Å²) in [6.07, 6.45) is 0. The SMILES string of the molecule is Cc1ccc(S(=O)(=O)N(C(c2ccccc2)C(N)c2ccccc2)S(=O)(=O)c2ccc(C)cc2)cc1. The first-order valence-electron chi connectivity index (χ1n) is 11.4. The lowest BCUT2D eigenvalue weighted by molar-refractivity contribution is 0.380. The van der Waals surface area contributed by atoms with Crippen molar-refractivity contribution < 1.29 is 16.8 Å². The molecule has 0 aliphatic carbocycles. The number of rotatable bonds is 8. The van der Waals surface area contributed by atoms with E-state index in [1.807, 2.05) is 19.9 Å². The molecule has 2 atom stereocenters. The molecule has 2 unspecified atom stereocenters. The Bertz CT molecular complexity index is 1450. The maximum absolute atomic E-state index is 14.2. The molecule has 0 saturated heterocycles. The highest BCUT2D eigenvalue weighted by atomic mass is 32.3. The summed E-state index contributed by atoms with van der Waals surface area (Å²) in [6, 6.07) is 27.5. The van der Waals surface area contributed by atoms with Crippen molar-refractivity contribution in [2.75, 3.05) is 0 Å². The molecular weight excluding hydrogens is 492 g/mol. The van der Waals surface area contributed by atoms with Crippen molar-refractivity contribution in [3.8, 4) is 0 Å². The molecule has 0 fully saturated rings. The first-order chi connectivity index (χ1) is 17.1. The minimum Gasteiger partial charge on any atom is -0.322 e. The molecule has 0 spiro atoms. The maximum Gasteiger partial charge on any atom is 0.257 e. The highest BCUT2D eigenvalue weighted by molar-refractivity contribution is 8.04. The average molecular weight is 521 g/mol. The summed E-state index contributed by atoms with van der Waals surface area (Å²) in [7, 11) is -9.14. The van der Waals surface area contributed by atoms with E-state index >= 15 is 0 Å². The highest BCUT2D eigenvalue weighted by Crippen LogP contribution is 2.40. The van der Waals surface area contributed by atoms with E-state index in [1.165, 1.54) is 24.3 Å². The summed E-state index contributed by atoms with van der Waals surface area (Å²) in [4.78, 5) is -0.269. The Morgan fingerprint density at radius 2 is 0.917 bits per heavy atom. The van der Waals surface area contributed by atoms with Crippen LogP contribution in [0.4, 0.5) is 0 Å². The van der Waals surface area contributed by atoms with Gasteiger partial charge in [0.25, 0.3) is 20.0 Å². The van der Waals surface area contributed by atoms with Gasteiger partial charge in [-0.2, -0.15) is 0 Å². The molecule has 0 bridgehead atoms. The third kappa shape index (κ3) is 5.12. The van der Waals surface area contributed by atoms with E-state index in [1.54, 1.807) is 78.9 Å². The number of hydrogen-bond acceptors (Lipinski definition) is 5. The van der Waals surface area contributed by atoms with Crippen LogP contribution in [-0.4, -0.2) is 20.5 Å². The van der Waals surface area contributed by atoms with Gasteiger partial charge in [-0.1, -0.05) is 99.8 Å². The molecule has 0 heterocycles. The lowest BCUT2D eigenvalue weighted by Gasteiger charge is -2.34. The second-order valence-electron chi connectivity index (χ2n) is 8.65. The van der Waals surface area contributed by atoms with Crippen LogP contribution in [0.5, 0.6) is 0 Å². The summed E-state index contributed by atoms with van der Waals surface area (Å²) >= 11 is 0. The number of hydrogen-bond donors (Lipinski definition) is 1. The second-order valence-corrected chi connectivity index (χ2v) is 12.5. The fraction of sp³-hybridized carbons (Fsp3) is 0.143. The molecule has 0 amide bonds. The monoisotopic (exact) mass is 520 g/mol. The van der Waals surface area contributed by atoms with E-state index in [0.29, 0.717) is 14.8 Å². The maximum atomic E-state index is 14.2. The third-order valence-electron chi connectivity index (χ3n) is 6.00. The minimum absolute atomic E-state index is 0.134. The zero-order valence-electron chi connectivity index (χ0n) is 20.0. The van der Waals surface area contributed by atoms with Crippen molar-refractivity contribution in [2.45, 2.75) is 35.7 Å². The molecular formula is C28H28N2O4S2. The average Bonchev–Trinajstić information content (AvgIpc) is 2.88. The molecule has 2 N–H and O–H groups in total. The van der Waals surface area contributed by atoms with Gasteiger partial charge >= 0.3 is 0 Å². The molecule has 4 aromatic carbocycles. The molecule has 36 heavy (non-hydrogen) atoms. The molecule has 186 valence electrons. The van der Waals surface area contributed by atoms with Crippen molar-refractivity contribution in [3.05, 3.63) is 131 Å². The first kappa shape index (κ1) is 25.8. The van der Waals surface area contributed by atoms with Gasteiger partial charge in [0.1, 0.15) is 0 Å². The molecule has 0 aliphatic heterocycles. The predicted molar refractivity (Wildman–Crippen MR) is 141 cm³/mol. The standard InChI is InChI=1S/C28H28N2O4S2/c1-21-13-17-25(18-14-21)35(31,32)30(36(33,34)26-19-15-22(2)16-20-26)28(24-11-7-4-8-12-24)27(29)23-9-5-3-6-10-23/h3-20,27-28H,29H2,1-2H3. The quantitative estimate of drug-likeness (QED) is 0.348. The van der Waals surface area contributed by atoms with Crippen LogP contribution in [-0.2, 0) is 20.0 Å². The Balaban J connectivity index is 2.02. The fourth-order valence-corrected chi connectivity index (χ4v) is 8.05. The van der Waals surface area contributed by atoms with Gasteiger partial charge in [0.2, 0.25) is 0 Å². The first-order valence-corrected chi connectivity index (χ1v) is 14.3. The molecule has 4 aromatic rings. The van der Waals surface area contributed by atoms with Crippen LogP contribution >= 0.6 is 0 Å². The third-order valence-corrected chi connectivity index (χ3v) is 10.3. The van der Waals surface area contributed by atoms with E-state index in [2.05, 4.69) is 0 Å². The number of aryl methyl sites for hydroxylation is 2. The van der Waals surface area contributed by atoms with Gasteiger partial charge in [-0.15, -0.1) is 0 Å². The van der Waals surface area contributed by atoms with Gasteiger partial charge in [-0.3, -0.25) is 0 Å². The Morgan fingerprint density at radius 1 is 0.556 bits per heavy atom. The Hall–Kier alpha value is -3.30. The summed E-state index contributed by atoms with van der Waals surface area (Å²) < 4.78 is 57.3. The largest absolute Gasteiger partial charge is 0.322 e. The number of nitrogens with zero attached hydrogens (tertiary/aromatic N) is 1. The van der Waals surface area contributed by atoms with Crippen LogP contribution in [0.2, 0.25) is 0 Å². The lowest BCUT2D eigenvalue weighted by atomic mass is 9.95. The lowest BCUT2D eigenvalue weighted by Crippen LogP contribution is -2.44. The predicted octanol–water partition coefficient (Wildman–Crippen LogP) is 5.12. The van der Waals surface area contributed by atoms with Crippen LogP contribution in [0.1, 0.15) is 34.3 Å². The van der Waals surface area contributed by atoms with E-state index in [9.17, 15) is 16.8 Å². The van der Waals surface area contributed by atoms with Crippen molar-refractivity contribution in [3.63, 3.8) is 0 Å². The molecule has 6 nitrogen and oxygen atoms in total. The van der Waals surface area contributed by atoms with Gasteiger partial charge in [0, 0.05) is 0 Å². The molecule has 0 saturated carbocycles. The highest BCUT2D eigenvalue weighted by Gasteiger charge is 2.45. The summed E-state index contributed by atoms with van der Waals surface area (Å²) in [5, 5.41) is 0. The van der Waals surface area contributed by atoms with Crippen LogP contribution in [0.3, 0.4) is 0 Å². The molecule has 4 rings (SSSR count). The van der Waals surface area contributed by atoms with E-state index in [4.69, 9.17) is 5.73 Å². The molecule has 0 aromatic heterocycles. The van der Waals surface area contributed by atoms with E-state index in [0.717, 1.165) is 11.1 Å². The zero-order chi connectivity index (χ0) is 25.9. The normalized spacial score (nSPS) is 13.9. The smallest absolute Gasteiger partial charge is 0.257 e. The number of benzene rings is 4. The summed E-state index contributed by atoms with van der Waals surface area (Å²) in [6.45, 7) is 3.66. The van der Waals surface area contributed by atoms with E-state index < -0.39 is 32.1 Å². The van der Waals surface area contributed by atoms with Crippen molar-refractivity contribution in [2.24, 2.45) is 5.73 Å². The number of sulfonamides is 2. The van der Waals surface area contributed by atoms with Crippen LogP contribution in [0.15, 0.2) is 119 Å². The van der Waals surface area contributed by atoms with Crippen molar-refractivity contribution in [1.29, 1.82) is 0 Å². The van der Waals surface area contributed by atoms with Gasteiger partial charge in [0.15, 0.2) is 0 Å². The van der Waals surface area contributed by atoms with Crippen LogP contribution in [0, 0.1) is 13.8 Å². The number of nitrogens with two attached hydrogens (primary N) is 1. The topological polar surface area (TPSA) is 97.5 Å². The van der Waals surface area contributed by atoms with Gasteiger partial charge in [0.05, 0.1) is 21.9 Å². The van der Waals surface area contributed by atoms with E-state index in [-0.39, 0.29) is 9.79 Å². The summed E-state index contributed by atoms with van der Waals surface area (Å²) in [5.41, 5.74) is 9.46. The van der Waals surface area contributed by atoms with Gasteiger partial charge in [-0.25, -0.2) is 16.8 Å². The van der Waals surface area contributed by atoms with Crippen LogP contribution in [0.25, 0.3) is 0 Å². The van der Waals surface area contributed by atoms with Crippen molar-refractivity contribution in [1.82, 2.24) is 3.71 Å². The second kappa shape index (κ2) is 10.4. The fourth-order valence-electron chi connectivity index (χ4n) is 4.02. The Kier molecular flexibility index (Phi) is 7.42. The minimum atomic E-state index is -4.57. The van der Waals surface area contributed by atoms with Crippen LogP contribution < -0.4 is 5.73 Å². The summed E-state index contributed by atoms with van der Waals surface area (Å²) in [5.74, 6) is 0. The zero-order valence-corrected chi connectivity index (χ0v) is 21.7. The Labute approximate surface area is 213 Å². The molecule has 8 heteroatoms.